The van der Waals surface area contributed by atoms with Gasteiger partial charge in [0.25, 0.3) is 5.22 Å². The molecule has 1 fully saturated rings. The summed E-state index contributed by atoms with van der Waals surface area (Å²) >= 11 is 7.09. The summed E-state index contributed by atoms with van der Waals surface area (Å²) in [5, 5.41) is 22.9. The second-order valence-corrected chi connectivity index (χ2v) is 8.77. The predicted molar refractivity (Wildman–Crippen MR) is 116 cm³/mol. The molecule has 3 aromatic rings. The highest BCUT2D eigenvalue weighted by molar-refractivity contribution is 7.99. The molecule has 156 valence electrons. The molecule has 30 heavy (non-hydrogen) atoms. The Balaban J connectivity index is 1.25. The third-order valence-electron chi connectivity index (χ3n) is 5.31. The molecule has 1 heterocycles. The van der Waals surface area contributed by atoms with Crippen molar-refractivity contribution in [3.05, 3.63) is 65.2 Å². The van der Waals surface area contributed by atoms with E-state index in [0.29, 0.717) is 29.0 Å². The van der Waals surface area contributed by atoms with Crippen molar-refractivity contribution >= 4 is 29.3 Å². The number of thioether (sulfide) groups is 1. The van der Waals surface area contributed by atoms with Crippen molar-refractivity contribution in [3.8, 4) is 11.5 Å². The summed E-state index contributed by atoms with van der Waals surface area (Å²) in [6.07, 6.45) is 2.73. The van der Waals surface area contributed by atoms with Crippen molar-refractivity contribution in [2.45, 2.75) is 42.5 Å². The Labute approximate surface area is 184 Å². The zero-order valence-electron chi connectivity index (χ0n) is 16.3. The van der Waals surface area contributed by atoms with Crippen molar-refractivity contribution in [1.29, 1.82) is 0 Å². The zero-order valence-corrected chi connectivity index (χ0v) is 17.8. The Bertz CT molecular complexity index is 986. The summed E-state index contributed by atoms with van der Waals surface area (Å²) in [7, 11) is 0. The molecule has 8 heteroatoms. The highest BCUT2D eigenvalue weighted by Gasteiger charge is 2.35. The minimum absolute atomic E-state index is 0.0643. The molecule has 0 saturated heterocycles. The van der Waals surface area contributed by atoms with E-state index in [-0.39, 0.29) is 17.7 Å². The Hall–Kier alpha value is -2.35. The first-order valence-corrected chi connectivity index (χ1v) is 11.2. The number of carbonyl (C=O) groups is 1. The van der Waals surface area contributed by atoms with E-state index in [0.717, 1.165) is 24.0 Å². The Morgan fingerprint density at radius 3 is 2.53 bits per heavy atom. The Kier molecular flexibility index (Phi) is 6.41. The average molecular weight is 444 g/mol. The first-order valence-electron chi connectivity index (χ1n) is 9.81. The van der Waals surface area contributed by atoms with Gasteiger partial charge in [0.2, 0.25) is 11.8 Å². The van der Waals surface area contributed by atoms with Gasteiger partial charge in [0.15, 0.2) is 0 Å². The van der Waals surface area contributed by atoms with Crippen LogP contribution in [0, 0.1) is 0 Å². The van der Waals surface area contributed by atoms with Crippen molar-refractivity contribution in [2.24, 2.45) is 0 Å². The standard InChI is InChI=1S/C22H22ClN3O3S/c23-17-8-6-15(7-9-17)20-25-26-21(29-20)30-14-19(27)24-18-10-12-22(28,13-11-18)16-4-2-1-3-5-16/h1-9,18,28H,10-14H2,(H,24,27). The van der Waals surface area contributed by atoms with Gasteiger partial charge in [0.1, 0.15) is 0 Å². The SMILES string of the molecule is O=C(CSc1nnc(-c2ccc(Cl)cc2)o1)NC1CCC(O)(c2ccccc2)CC1. The van der Waals surface area contributed by atoms with Crippen LogP contribution in [0.1, 0.15) is 31.2 Å². The van der Waals surface area contributed by atoms with E-state index in [1.807, 2.05) is 30.3 Å². The summed E-state index contributed by atoms with van der Waals surface area (Å²) in [6.45, 7) is 0. The van der Waals surface area contributed by atoms with Gasteiger partial charge in [-0.25, -0.2) is 0 Å². The van der Waals surface area contributed by atoms with Gasteiger partial charge in [0.05, 0.1) is 11.4 Å². The molecule has 1 aromatic heterocycles. The summed E-state index contributed by atoms with van der Waals surface area (Å²) in [5.41, 5.74) is 0.911. The molecular weight excluding hydrogens is 422 g/mol. The first kappa shape index (κ1) is 20.9. The fourth-order valence-electron chi connectivity index (χ4n) is 3.65. The fraction of sp³-hybridized carbons (Fsp3) is 0.318. The van der Waals surface area contributed by atoms with Crippen molar-refractivity contribution < 1.29 is 14.3 Å². The van der Waals surface area contributed by atoms with E-state index in [9.17, 15) is 9.90 Å². The second-order valence-electron chi connectivity index (χ2n) is 7.41. The molecular formula is C22H22ClN3O3S. The zero-order chi connectivity index (χ0) is 21.0. The van der Waals surface area contributed by atoms with E-state index >= 15 is 0 Å². The summed E-state index contributed by atoms with van der Waals surface area (Å²) in [5.74, 6) is 0.505. The van der Waals surface area contributed by atoms with Crippen LogP contribution >= 0.6 is 23.4 Å². The number of carbonyl (C=O) groups excluding carboxylic acids is 1. The van der Waals surface area contributed by atoms with Gasteiger partial charge in [-0.1, -0.05) is 53.7 Å². The number of benzene rings is 2. The lowest BCUT2D eigenvalue weighted by molar-refractivity contribution is -0.120. The normalized spacial score (nSPS) is 21.3. The van der Waals surface area contributed by atoms with Crippen LogP contribution < -0.4 is 5.32 Å². The summed E-state index contributed by atoms with van der Waals surface area (Å²) in [4.78, 5) is 12.3. The summed E-state index contributed by atoms with van der Waals surface area (Å²) < 4.78 is 5.61. The maximum Gasteiger partial charge on any atom is 0.277 e. The number of aliphatic hydroxyl groups is 1. The van der Waals surface area contributed by atoms with Crippen molar-refractivity contribution in [2.75, 3.05) is 5.75 Å². The van der Waals surface area contributed by atoms with Gasteiger partial charge in [-0.15, -0.1) is 10.2 Å². The van der Waals surface area contributed by atoms with E-state index in [1.165, 1.54) is 11.8 Å². The molecule has 0 bridgehead atoms. The van der Waals surface area contributed by atoms with Gasteiger partial charge in [0, 0.05) is 16.6 Å². The molecule has 1 amide bonds. The largest absolute Gasteiger partial charge is 0.411 e. The van der Waals surface area contributed by atoms with Crippen molar-refractivity contribution in [1.82, 2.24) is 15.5 Å². The molecule has 0 spiro atoms. The van der Waals surface area contributed by atoms with Crippen LogP contribution in [0.3, 0.4) is 0 Å². The maximum absolute atomic E-state index is 12.3. The number of aromatic nitrogens is 2. The van der Waals surface area contributed by atoms with Gasteiger partial charge in [-0.3, -0.25) is 4.79 Å². The molecule has 0 atom stereocenters. The number of amides is 1. The monoisotopic (exact) mass is 443 g/mol. The summed E-state index contributed by atoms with van der Waals surface area (Å²) in [6, 6.07) is 16.9. The van der Waals surface area contributed by atoms with E-state index < -0.39 is 5.60 Å². The highest BCUT2D eigenvalue weighted by Crippen LogP contribution is 2.37. The topological polar surface area (TPSA) is 88.2 Å². The average Bonchev–Trinajstić information content (AvgIpc) is 3.24. The predicted octanol–water partition coefficient (Wildman–Crippen LogP) is 4.43. The molecule has 0 radical (unpaired) electrons. The van der Waals surface area contributed by atoms with Gasteiger partial charge in [-0.2, -0.15) is 0 Å². The Morgan fingerprint density at radius 1 is 1.13 bits per heavy atom. The van der Waals surface area contributed by atoms with Gasteiger partial charge in [-0.05, 0) is 55.5 Å². The van der Waals surface area contributed by atoms with Crippen LogP contribution in [-0.4, -0.2) is 33.0 Å². The number of hydrogen-bond acceptors (Lipinski definition) is 6. The molecule has 1 aliphatic carbocycles. The van der Waals surface area contributed by atoms with Crippen LogP contribution in [0.15, 0.2) is 64.2 Å². The van der Waals surface area contributed by atoms with Crippen LogP contribution in [0.25, 0.3) is 11.5 Å². The minimum atomic E-state index is -0.806. The molecule has 1 aliphatic rings. The molecule has 2 N–H and O–H groups in total. The van der Waals surface area contributed by atoms with E-state index in [4.69, 9.17) is 16.0 Å². The molecule has 4 rings (SSSR count). The van der Waals surface area contributed by atoms with Crippen LogP contribution in [-0.2, 0) is 10.4 Å². The van der Waals surface area contributed by atoms with Crippen molar-refractivity contribution in [3.63, 3.8) is 0 Å². The Morgan fingerprint density at radius 2 is 1.83 bits per heavy atom. The third-order valence-corrected chi connectivity index (χ3v) is 6.38. The first-order chi connectivity index (χ1) is 14.5. The lowest BCUT2D eigenvalue weighted by Gasteiger charge is -2.36. The number of rotatable bonds is 6. The molecule has 0 aliphatic heterocycles. The number of hydrogen-bond donors (Lipinski definition) is 2. The molecule has 1 saturated carbocycles. The van der Waals surface area contributed by atoms with Gasteiger partial charge < -0.3 is 14.8 Å². The van der Waals surface area contributed by atoms with E-state index in [2.05, 4.69) is 15.5 Å². The van der Waals surface area contributed by atoms with Crippen LogP contribution in [0.2, 0.25) is 5.02 Å². The molecule has 6 nitrogen and oxygen atoms in total. The van der Waals surface area contributed by atoms with Crippen LogP contribution in [0.5, 0.6) is 0 Å². The number of nitrogens with one attached hydrogen (secondary N) is 1. The fourth-order valence-corrected chi connectivity index (χ4v) is 4.35. The second kappa shape index (κ2) is 9.20. The van der Waals surface area contributed by atoms with E-state index in [1.54, 1.807) is 24.3 Å². The molecule has 0 unspecified atom stereocenters. The number of nitrogens with zero attached hydrogens (tertiary/aromatic N) is 2. The third kappa shape index (κ3) is 5.03. The lowest BCUT2D eigenvalue weighted by atomic mass is 9.78. The smallest absolute Gasteiger partial charge is 0.277 e. The molecule has 2 aromatic carbocycles. The highest BCUT2D eigenvalue weighted by atomic mass is 35.5. The van der Waals surface area contributed by atoms with Crippen LogP contribution in [0.4, 0.5) is 0 Å². The lowest BCUT2D eigenvalue weighted by Crippen LogP contribution is -2.42. The minimum Gasteiger partial charge on any atom is -0.411 e. The van der Waals surface area contributed by atoms with Gasteiger partial charge >= 0.3 is 0 Å². The number of halogens is 1. The quantitative estimate of drug-likeness (QED) is 0.548. The maximum atomic E-state index is 12.3.